The number of rotatable bonds is 6. The van der Waals surface area contributed by atoms with Crippen LogP contribution >= 0.6 is 0 Å². The van der Waals surface area contributed by atoms with Crippen molar-refractivity contribution in [2.24, 2.45) is 5.92 Å². The molecule has 1 heterocycles. The van der Waals surface area contributed by atoms with Crippen LogP contribution in [0.25, 0.3) is 0 Å². The molecule has 0 saturated carbocycles. The maximum Gasteiger partial charge on any atom is 0.260 e. The molecule has 0 aromatic heterocycles. The topological polar surface area (TPSA) is 49.9 Å². The molecular weight excluding hydrogens is 316 g/mol. The van der Waals surface area contributed by atoms with Gasteiger partial charge in [-0.25, -0.2) is 0 Å². The maximum atomic E-state index is 12.5. The van der Waals surface area contributed by atoms with Crippen LogP contribution in [0.15, 0.2) is 24.3 Å². The van der Waals surface area contributed by atoms with Crippen LogP contribution in [-0.2, 0) is 9.59 Å². The average Bonchev–Trinajstić information content (AvgIpc) is 2.88. The monoisotopic (exact) mass is 346 g/mol. The minimum absolute atomic E-state index is 0.0138. The number of carbonyl (C=O) groups is 2. The van der Waals surface area contributed by atoms with Crippen LogP contribution in [0.4, 0.5) is 0 Å². The van der Waals surface area contributed by atoms with Crippen molar-refractivity contribution in [3.05, 3.63) is 29.8 Å². The molecule has 1 fully saturated rings. The van der Waals surface area contributed by atoms with Crippen molar-refractivity contribution in [3.8, 4) is 5.75 Å². The number of hydrogen-bond acceptors (Lipinski definition) is 3. The van der Waals surface area contributed by atoms with Gasteiger partial charge in [0.15, 0.2) is 6.61 Å². The molecule has 0 radical (unpaired) electrons. The highest BCUT2D eigenvalue weighted by molar-refractivity contribution is 5.80. The lowest BCUT2D eigenvalue weighted by atomic mass is 10.0. The van der Waals surface area contributed by atoms with Crippen LogP contribution in [0.3, 0.4) is 0 Å². The summed E-state index contributed by atoms with van der Waals surface area (Å²) in [6, 6.07) is 7.69. The molecule has 5 heteroatoms. The molecular formula is C20H30N2O3. The van der Waals surface area contributed by atoms with Crippen molar-refractivity contribution < 1.29 is 14.3 Å². The van der Waals surface area contributed by atoms with E-state index < -0.39 is 0 Å². The highest BCUT2D eigenvalue weighted by Gasteiger charge is 2.25. The first-order chi connectivity index (χ1) is 12.1. The zero-order chi connectivity index (χ0) is 18.2. The molecule has 25 heavy (non-hydrogen) atoms. The molecule has 1 saturated heterocycles. The van der Waals surface area contributed by atoms with Gasteiger partial charge in [-0.2, -0.15) is 0 Å². The third-order valence-corrected chi connectivity index (χ3v) is 4.94. The van der Waals surface area contributed by atoms with E-state index in [1.165, 1.54) is 0 Å². The van der Waals surface area contributed by atoms with Crippen LogP contribution in [0.1, 0.15) is 38.7 Å². The van der Waals surface area contributed by atoms with E-state index in [-0.39, 0.29) is 24.3 Å². The first kappa shape index (κ1) is 19.3. The number of aryl methyl sites for hydroxylation is 1. The predicted octanol–water partition coefficient (Wildman–Crippen LogP) is 2.87. The Bertz CT molecular complexity index is 584. The molecule has 5 nitrogen and oxygen atoms in total. The zero-order valence-electron chi connectivity index (χ0n) is 15.7. The fraction of sp³-hybridized carbons (Fsp3) is 0.600. The van der Waals surface area contributed by atoms with Gasteiger partial charge in [0.2, 0.25) is 5.91 Å². The second-order valence-corrected chi connectivity index (χ2v) is 6.63. The van der Waals surface area contributed by atoms with E-state index in [2.05, 4.69) is 13.8 Å². The van der Waals surface area contributed by atoms with E-state index in [1.54, 1.807) is 0 Å². The summed E-state index contributed by atoms with van der Waals surface area (Å²) in [6.45, 7) is 8.75. The Morgan fingerprint density at radius 1 is 1.04 bits per heavy atom. The number of hydrogen-bond donors (Lipinski definition) is 0. The van der Waals surface area contributed by atoms with Crippen LogP contribution in [0.2, 0.25) is 0 Å². The van der Waals surface area contributed by atoms with E-state index in [4.69, 9.17) is 4.74 Å². The molecule has 1 aliphatic rings. The van der Waals surface area contributed by atoms with E-state index in [1.807, 2.05) is 41.0 Å². The standard InChI is InChI=1S/C20H30N2O3/c1-4-17(5-2)20(24)22-12-8-11-21(13-14-22)19(23)15-25-18-10-7-6-9-16(18)3/h6-7,9-10,17H,4-5,8,11-15H2,1-3H3. The molecule has 0 aliphatic carbocycles. The summed E-state index contributed by atoms with van der Waals surface area (Å²) in [5.41, 5.74) is 1.02. The molecule has 2 amide bonds. The number of benzene rings is 1. The summed E-state index contributed by atoms with van der Waals surface area (Å²) in [5.74, 6) is 1.07. The van der Waals surface area contributed by atoms with E-state index in [0.717, 1.165) is 37.1 Å². The molecule has 2 rings (SSSR count). The van der Waals surface area contributed by atoms with Gasteiger partial charge in [0.1, 0.15) is 5.75 Å². The Kier molecular flexibility index (Phi) is 7.29. The summed E-state index contributed by atoms with van der Waals surface area (Å²) in [6.07, 6.45) is 2.57. The number of carbonyl (C=O) groups excluding carboxylic acids is 2. The fourth-order valence-corrected chi connectivity index (χ4v) is 3.23. The third kappa shape index (κ3) is 5.21. The Labute approximate surface area is 150 Å². The van der Waals surface area contributed by atoms with Gasteiger partial charge in [-0.05, 0) is 37.8 Å². The lowest BCUT2D eigenvalue weighted by Gasteiger charge is -2.25. The Hall–Kier alpha value is -2.04. The third-order valence-electron chi connectivity index (χ3n) is 4.94. The second-order valence-electron chi connectivity index (χ2n) is 6.63. The molecule has 1 aromatic rings. The van der Waals surface area contributed by atoms with Crippen molar-refractivity contribution >= 4 is 11.8 Å². The molecule has 0 spiro atoms. The van der Waals surface area contributed by atoms with E-state index >= 15 is 0 Å². The van der Waals surface area contributed by atoms with Gasteiger partial charge in [0.25, 0.3) is 5.91 Å². The van der Waals surface area contributed by atoms with E-state index in [0.29, 0.717) is 19.6 Å². The van der Waals surface area contributed by atoms with Crippen LogP contribution in [0, 0.1) is 12.8 Å². The van der Waals surface area contributed by atoms with Gasteiger partial charge in [0.05, 0.1) is 0 Å². The lowest BCUT2D eigenvalue weighted by Crippen LogP contribution is -2.41. The Morgan fingerprint density at radius 3 is 2.36 bits per heavy atom. The average molecular weight is 346 g/mol. The molecule has 138 valence electrons. The summed E-state index contributed by atoms with van der Waals surface area (Å²) < 4.78 is 5.67. The quantitative estimate of drug-likeness (QED) is 0.796. The number of nitrogens with zero attached hydrogens (tertiary/aromatic N) is 2. The largest absolute Gasteiger partial charge is 0.484 e. The number of para-hydroxylation sites is 1. The van der Waals surface area contributed by atoms with Crippen LogP contribution < -0.4 is 4.74 Å². The van der Waals surface area contributed by atoms with Crippen molar-refractivity contribution in [1.82, 2.24) is 9.80 Å². The highest BCUT2D eigenvalue weighted by atomic mass is 16.5. The van der Waals surface area contributed by atoms with Crippen LogP contribution in [0.5, 0.6) is 5.75 Å². The minimum Gasteiger partial charge on any atom is -0.484 e. The van der Waals surface area contributed by atoms with Crippen molar-refractivity contribution in [2.75, 3.05) is 32.8 Å². The summed E-state index contributed by atoms with van der Waals surface area (Å²) in [5, 5.41) is 0. The first-order valence-corrected chi connectivity index (χ1v) is 9.31. The molecule has 1 aromatic carbocycles. The predicted molar refractivity (Wildman–Crippen MR) is 98.5 cm³/mol. The second kappa shape index (κ2) is 9.44. The summed E-state index contributed by atoms with van der Waals surface area (Å²) in [7, 11) is 0. The van der Waals surface area contributed by atoms with Gasteiger partial charge < -0.3 is 14.5 Å². The summed E-state index contributed by atoms with van der Waals surface area (Å²) >= 11 is 0. The van der Waals surface area contributed by atoms with Gasteiger partial charge in [-0.1, -0.05) is 32.0 Å². The Balaban J connectivity index is 1.86. The van der Waals surface area contributed by atoms with Crippen LogP contribution in [-0.4, -0.2) is 54.4 Å². The van der Waals surface area contributed by atoms with Gasteiger partial charge in [0, 0.05) is 32.1 Å². The lowest BCUT2D eigenvalue weighted by molar-refractivity contribution is -0.137. The first-order valence-electron chi connectivity index (χ1n) is 9.31. The number of ether oxygens (including phenoxy) is 1. The normalized spacial score (nSPS) is 15.2. The van der Waals surface area contributed by atoms with Gasteiger partial charge in [-0.3, -0.25) is 9.59 Å². The zero-order valence-corrected chi connectivity index (χ0v) is 15.7. The van der Waals surface area contributed by atoms with Crippen molar-refractivity contribution in [3.63, 3.8) is 0 Å². The van der Waals surface area contributed by atoms with E-state index in [9.17, 15) is 9.59 Å². The Morgan fingerprint density at radius 2 is 1.68 bits per heavy atom. The molecule has 0 unspecified atom stereocenters. The fourth-order valence-electron chi connectivity index (χ4n) is 3.23. The minimum atomic E-state index is -0.0138. The SMILES string of the molecule is CCC(CC)C(=O)N1CCCN(C(=O)COc2ccccc2C)CC1. The smallest absolute Gasteiger partial charge is 0.260 e. The summed E-state index contributed by atoms with van der Waals surface area (Å²) in [4.78, 5) is 28.7. The highest BCUT2D eigenvalue weighted by Crippen LogP contribution is 2.17. The molecule has 0 N–H and O–H groups in total. The molecule has 0 atom stereocenters. The van der Waals surface area contributed by atoms with Crippen molar-refractivity contribution in [1.29, 1.82) is 0 Å². The number of amides is 2. The van der Waals surface area contributed by atoms with Crippen molar-refractivity contribution in [2.45, 2.75) is 40.0 Å². The maximum absolute atomic E-state index is 12.5. The molecule has 0 bridgehead atoms. The van der Waals surface area contributed by atoms with Gasteiger partial charge in [-0.15, -0.1) is 0 Å². The van der Waals surface area contributed by atoms with Gasteiger partial charge >= 0.3 is 0 Å². The molecule has 1 aliphatic heterocycles.